The summed E-state index contributed by atoms with van der Waals surface area (Å²) in [6.45, 7) is 9.42. The highest BCUT2D eigenvalue weighted by molar-refractivity contribution is 7.57. The molecule has 1 unspecified atom stereocenters. The Bertz CT molecular complexity index is 605. The van der Waals surface area contributed by atoms with E-state index in [9.17, 15) is 4.57 Å². The minimum absolute atomic E-state index is 0.0445. The molecule has 0 bridgehead atoms. The molecule has 2 radical (unpaired) electrons. The van der Waals surface area contributed by atoms with E-state index in [1.807, 2.05) is 27.7 Å². The second-order valence-corrected chi connectivity index (χ2v) is 10.9. The van der Waals surface area contributed by atoms with Crippen molar-refractivity contribution in [2.75, 3.05) is 54.4 Å². The second-order valence-electron chi connectivity index (χ2n) is 7.37. The van der Waals surface area contributed by atoms with Gasteiger partial charge in [-0.15, -0.1) is 0 Å². The fourth-order valence-electron chi connectivity index (χ4n) is 2.59. The zero-order valence-corrected chi connectivity index (χ0v) is 22.6. The number of nitrogens with zero attached hydrogens (tertiary/aromatic N) is 2. The van der Waals surface area contributed by atoms with Gasteiger partial charge in [0, 0.05) is 45.2 Å². The predicted molar refractivity (Wildman–Crippen MR) is 129 cm³/mol. The highest BCUT2D eigenvalue weighted by atomic mass is 31.2. The lowest BCUT2D eigenvalue weighted by atomic mass is 10.0. The summed E-state index contributed by atoms with van der Waals surface area (Å²) in [5.74, 6) is 1.31. The van der Waals surface area contributed by atoms with Crippen molar-refractivity contribution in [2.45, 2.75) is 58.3 Å². The Labute approximate surface area is 201 Å². The molecule has 0 aromatic carbocycles. The SMILES string of the molecule is [B][C@@H](COP(OCCC#N)N(C(C)C)C(C)C)O[C@H](/C=C/P(=O)(OC)OC)COCCOC. The van der Waals surface area contributed by atoms with E-state index in [1.165, 1.54) is 26.1 Å². The van der Waals surface area contributed by atoms with Gasteiger partial charge in [-0.05, 0) is 33.8 Å². The summed E-state index contributed by atoms with van der Waals surface area (Å²) in [6.07, 6.45) is 1.16. The highest BCUT2D eigenvalue weighted by Crippen LogP contribution is 2.48. The molecule has 0 aliphatic heterocycles. The van der Waals surface area contributed by atoms with Gasteiger partial charge in [0.2, 0.25) is 0 Å². The van der Waals surface area contributed by atoms with Gasteiger partial charge in [0.25, 0.3) is 8.53 Å². The van der Waals surface area contributed by atoms with Gasteiger partial charge in [-0.1, -0.05) is 0 Å². The summed E-state index contributed by atoms with van der Waals surface area (Å²) < 4.78 is 52.4. The van der Waals surface area contributed by atoms with Gasteiger partial charge < -0.3 is 32.3 Å². The van der Waals surface area contributed by atoms with Gasteiger partial charge in [0.1, 0.15) is 7.85 Å². The number of rotatable bonds is 20. The van der Waals surface area contributed by atoms with Crippen LogP contribution in [0.25, 0.3) is 0 Å². The molecule has 0 N–H and O–H groups in total. The van der Waals surface area contributed by atoms with E-state index in [4.69, 9.17) is 45.4 Å². The molecule has 0 amide bonds. The number of nitriles is 1. The lowest BCUT2D eigenvalue weighted by Gasteiger charge is -2.36. The lowest BCUT2D eigenvalue weighted by Crippen LogP contribution is -2.35. The van der Waals surface area contributed by atoms with E-state index in [1.54, 1.807) is 7.11 Å². The van der Waals surface area contributed by atoms with Crippen molar-refractivity contribution in [3.05, 3.63) is 11.9 Å². The molecule has 0 aliphatic carbocycles. The maximum atomic E-state index is 12.3. The van der Waals surface area contributed by atoms with Crippen molar-refractivity contribution in [3.63, 3.8) is 0 Å². The Hall–Kier alpha value is -0.365. The molecule has 10 nitrogen and oxygen atoms in total. The van der Waals surface area contributed by atoms with Gasteiger partial charge in [0.05, 0.1) is 51.6 Å². The van der Waals surface area contributed by atoms with Crippen LogP contribution in [0, 0.1) is 11.3 Å². The average molecular weight is 508 g/mol. The van der Waals surface area contributed by atoms with Gasteiger partial charge >= 0.3 is 7.60 Å². The first-order chi connectivity index (χ1) is 15.6. The zero-order chi connectivity index (χ0) is 25.3. The van der Waals surface area contributed by atoms with Crippen LogP contribution in [0.2, 0.25) is 0 Å². The maximum Gasteiger partial charge on any atom is 0.353 e. The number of ether oxygens (including phenoxy) is 3. The molecule has 0 aliphatic rings. The van der Waals surface area contributed by atoms with Crippen LogP contribution < -0.4 is 0 Å². The molecule has 0 heterocycles. The van der Waals surface area contributed by atoms with Crippen LogP contribution in [0.4, 0.5) is 0 Å². The minimum atomic E-state index is -3.37. The normalized spacial score (nSPS) is 15.4. The Morgan fingerprint density at radius 3 is 2.18 bits per heavy atom. The van der Waals surface area contributed by atoms with Crippen molar-refractivity contribution in [2.24, 2.45) is 0 Å². The third-order valence-electron chi connectivity index (χ3n) is 4.07. The van der Waals surface area contributed by atoms with Gasteiger partial charge in [-0.2, -0.15) is 5.26 Å². The first-order valence-electron chi connectivity index (χ1n) is 10.7. The molecule has 13 heteroatoms. The number of methoxy groups -OCH3 is 1. The second kappa shape index (κ2) is 18.9. The Kier molecular flexibility index (Phi) is 18.7. The van der Waals surface area contributed by atoms with Crippen LogP contribution >= 0.6 is 16.1 Å². The molecule has 33 heavy (non-hydrogen) atoms. The average Bonchev–Trinajstić information content (AvgIpc) is 2.77. The Morgan fingerprint density at radius 1 is 1.03 bits per heavy atom. The van der Waals surface area contributed by atoms with E-state index in [0.29, 0.717) is 13.2 Å². The lowest BCUT2D eigenvalue weighted by molar-refractivity contribution is -0.0285. The van der Waals surface area contributed by atoms with Crippen LogP contribution in [0.5, 0.6) is 0 Å². The molecular formula is C20H39BN2O8P2. The van der Waals surface area contributed by atoms with Gasteiger partial charge in [-0.3, -0.25) is 4.57 Å². The molecule has 0 aromatic heterocycles. The molecule has 0 aromatic rings. The van der Waals surface area contributed by atoms with Crippen molar-refractivity contribution >= 4 is 24.0 Å². The molecule has 0 saturated heterocycles. The monoisotopic (exact) mass is 508 g/mol. The summed E-state index contributed by atoms with van der Waals surface area (Å²) in [7, 11) is 5.51. The quantitative estimate of drug-likeness (QED) is 0.137. The third-order valence-corrected chi connectivity index (χ3v) is 7.70. The highest BCUT2D eigenvalue weighted by Gasteiger charge is 2.28. The van der Waals surface area contributed by atoms with Crippen molar-refractivity contribution in [3.8, 4) is 6.07 Å². The van der Waals surface area contributed by atoms with Crippen LogP contribution in [0.1, 0.15) is 34.1 Å². The largest absolute Gasteiger partial charge is 0.382 e. The molecular weight excluding hydrogens is 469 g/mol. The topological polar surface area (TPSA) is 109 Å². The molecule has 0 fully saturated rings. The summed E-state index contributed by atoms with van der Waals surface area (Å²) in [6, 6.07) is 1.57. The van der Waals surface area contributed by atoms with Crippen molar-refractivity contribution in [1.29, 1.82) is 5.26 Å². The maximum absolute atomic E-state index is 12.3. The first kappa shape index (κ1) is 32.6. The van der Waals surface area contributed by atoms with Crippen molar-refractivity contribution < 1.29 is 36.9 Å². The van der Waals surface area contributed by atoms with E-state index in [-0.39, 0.29) is 38.3 Å². The molecule has 0 saturated carbocycles. The van der Waals surface area contributed by atoms with Gasteiger partial charge in [-0.25, -0.2) is 4.67 Å². The fourth-order valence-corrected chi connectivity index (χ4v) is 5.01. The smallest absolute Gasteiger partial charge is 0.353 e. The number of hydrogen-bond acceptors (Lipinski definition) is 10. The van der Waals surface area contributed by atoms with E-state index < -0.39 is 28.2 Å². The Morgan fingerprint density at radius 2 is 1.67 bits per heavy atom. The minimum Gasteiger partial charge on any atom is -0.382 e. The first-order valence-corrected chi connectivity index (χ1v) is 13.5. The summed E-state index contributed by atoms with van der Waals surface area (Å²) in [4.78, 5) is 0. The summed E-state index contributed by atoms with van der Waals surface area (Å²) in [5.41, 5.74) is 0. The van der Waals surface area contributed by atoms with E-state index in [0.717, 1.165) is 0 Å². The Balaban J connectivity index is 5.17. The van der Waals surface area contributed by atoms with E-state index in [2.05, 4.69) is 10.7 Å². The summed E-state index contributed by atoms with van der Waals surface area (Å²) in [5, 5.41) is 8.82. The van der Waals surface area contributed by atoms with Crippen molar-refractivity contribution in [1.82, 2.24) is 4.67 Å². The standard InChI is InChI=1S/C20H39BN2O8P2/c1-17(2)23(18(3)4)32(29-11-8-10-22)30-16-20(21)31-19(15-28-13-12-25-5)9-14-33(24,26-6)27-7/h9,14,17-20H,8,11-13,15-16H2,1-7H3/b14-9+/t19-,20-,32?/m1/s1. The van der Waals surface area contributed by atoms with Crippen LogP contribution in [-0.2, 0) is 36.9 Å². The molecule has 3 atom stereocenters. The van der Waals surface area contributed by atoms with Crippen LogP contribution in [0.3, 0.4) is 0 Å². The zero-order valence-electron chi connectivity index (χ0n) is 20.8. The fraction of sp³-hybridized carbons (Fsp3) is 0.850. The predicted octanol–water partition coefficient (Wildman–Crippen LogP) is 3.82. The summed E-state index contributed by atoms with van der Waals surface area (Å²) >= 11 is 0. The van der Waals surface area contributed by atoms with E-state index >= 15 is 0 Å². The van der Waals surface area contributed by atoms with Crippen LogP contribution in [-0.4, -0.2) is 91.1 Å². The number of hydrogen-bond donors (Lipinski definition) is 0. The molecule has 0 rings (SSSR count). The molecule has 0 spiro atoms. The van der Waals surface area contributed by atoms with Gasteiger partial charge in [0.15, 0.2) is 0 Å². The third kappa shape index (κ3) is 14.6. The van der Waals surface area contributed by atoms with Crippen LogP contribution in [0.15, 0.2) is 11.9 Å². The molecule has 190 valence electrons.